The van der Waals surface area contributed by atoms with Crippen LogP contribution >= 0.6 is 11.6 Å². The fourth-order valence-electron chi connectivity index (χ4n) is 1.39. The number of para-hydroxylation sites is 1. The molecule has 0 fully saturated rings. The summed E-state index contributed by atoms with van der Waals surface area (Å²) in [5.74, 6) is -0.415. The molecule has 0 bridgehead atoms. The summed E-state index contributed by atoms with van der Waals surface area (Å²) in [6.45, 7) is 0. The van der Waals surface area contributed by atoms with Gasteiger partial charge in [-0.15, -0.1) is 0 Å². The Morgan fingerprint density at radius 2 is 1.82 bits per heavy atom. The van der Waals surface area contributed by atoms with Gasteiger partial charge in [0.25, 0.3) is 0 Å². The summed E-state index contributed by atoms with van der Waals surface area (Å²) >= 11 is 5.88. The molecule has 0 spiro atoms. The zero-order valence-electron chi connectivity index (χ0n) is 8.74. The second kappa shape index (κ2) is 4.86. The number of nitriles is 1. The van der Waals surface area contributed by atoms with E-state index in [9.17, 15) is 4.39 Å². The third kappa shape index (κ3) is 2.55. The molecule has 1 N–H and O–H groups in total. The van der Waals surface area contributed by atoms with Crippen molar-refractivity contribution in [3.63, 3.8) is 0 Å². The minimum atomic E-state index is -0.415. The minimum Gasteiger partial charge on any atom is -0.352 e. The predicted molar refractivity (Wildman–Crippen MR) is 65.8 cm³/mol. The van der Waals surface area contributed by atoms with Crippen molar-refractivity contribution in [2.24, 2.45) is 0 Å². The van der Waals surface area contributed by atoms with Crippen LogP contribution in [0.25, 0.3) is 0 Å². The van der Waals surface area contributed by atoms with E-state index in [2.05, 4.69) is 5.32 Å². The highest BCUT2D eigenvalue weighted by molar-refractivity contribution is 6.33. The molecule has 2 rings (SSSR count). The van der Waals surface area contributed by atoms with Gasteiger partial charge in [-0.25, -0.2) is 4.39 Å². The summed E-state index contributed by atoms with van der Waals surface area (Å²) in [6.07, 6.45) is 0. The molecular formula is C13H8ClFN2. The second-order valence-electron chi connectivity index (χ2n) is 3.41. The fraction of sp³-hybridized carbons (Fsp3) is 0. The van der Waals surface area contributed by atoms with Crippen LogP contribution < -0.4 is 5.32 Å². The smallest absolute Gasteiger partial charge is 0.148 e. The predicted octanol–water partition coefficient (Wildman–Crippen LogP) is 4.09. The van der Waals surface area contributed by atoms with E-state index in [1.165, 1.54) is 6.07 Å². The van der Waals surface area contributed by atoms with Crippen LogP contribution in [0.5, 0.6) is 0 Å². The van der Waals surface area contributed by atoms with Crippen LogP contribution in [0.15, 0.2) is 42.5 Å². The zero-order valence-corrected chi connectivity index (χ0v) is 9.50. The lowest BCUT2D eigenvalue weighted by atomic mass is 10.2. The number of nitrogens with one attached hydrogen (secondary N) is 1. The highest BCUT2D eigenvalue weighted by Crippen LogP contribution is 2.28. The van der Waals surface area contributed by atoms with E-state index in [4.69, 9.17) is 16.9 Å². The van der Waals surface area contributed by atoms with Crippen LogP contribution in [-0.4, -0.2) is 0 Å². The van der Waals surface area contributed by atoms with Gasteiger partial charge in [0.1, 0.15) is 5.82 Å². The molecule has 0 aromatic heterocycles. The summed E-state index contributed by atoms with van der Waals surface area (Å²) in [7, 11) is 0. The first-order valence-corrected chi connectivity index (χ1v) is 5.29. The monoisotopic (exact) mass is 246 g/mol. The molecular weight excluding hydrogens is 239 g/mol. The molecule has 17 heavy (non-hydrogen) atoms. The third-order valence-corrected chi connectivity index (χ3v) is 2.56. The highest BCUT2D eigenvalue weighted by atomic mass is 35.5. The standard InChI is InChI=1S/C13H8ClFN2/c14-11-2-1-3-12(15)13(11)17-10-6-4-9(8-16)5-7-10/h1-7,17H. The molecule has 0 aliphatic heterocycles. The van der Waals surface area contributed by atoms with Crippen molar-refractivity contribution in [1.82, 2.24) is 0 Å². The number of hydrogen-bond acceptors (Lipinski definition) is 2. The van der Waals surface area contributed by atoms with Crippen LogP contribution in [0.3, 0.4) is 0 Å². The molecule has 0 saturated carbocycles. The van der Waals surface area contributed by atoms with E-state index in [0.29, 0.717) is 16.3 Å². The van der Waals surface area contributed by atoms with Gasteiger partial charge in [0.05, 0.1) is 22.3 Å². The first-order chi connectivity index (χ1) is 8.20. The van der Waals surface area contributed by atoms with Crippen molar-refractivity contribution in [3.05, 3.63) is 58.9 Å². The van der Waals surface area contributed by atoms with Gasteiger partial charge in [-0.2, -0.15) is 5.26 Å². The molecule has 84 valence electrons. The molecule has 0 aliphatic carbocycles. The maximum absolute atomic E-state index is 13.5. The molecule has 2 nitrogen and oxygen atoms in total. The SMILES string of the molecule is N#Cc1ccc(Nc2c(F)cccc2Cl)cc1. The lowest BCUT2D eigenvalue weighted by Crippen LogP contribution is -1.94. The van der Waals surface area contributed by atoms with E-state index in [-0.39, 0.29) is 5.69 Å². The average Bonchev–Trinajstić information content (AvgIpc) is 2.35. The molecule has 0 saturated heterocycles. The summed E-state index contributed by atoms with van der Waals surface area (Å²) < 4.78 is 13.5. The number of benzene rings is 2. The quantitative estimate of drug-likeness (QED) is 0.866. The molecule has 2 aromatic rings. The molecule has 0 amide bonds. The number of hydrogen-bond donors (Lipinski definition) is 1. The number of rotatable bonds is 2. The van der Waals surface area contributed by atoms with E-state index in [0.717, 1.165) is 0 Å². The largest absolute Gasteiger partial charge is 0.352 e. The van der Waals surface area contributed by atoms with Gasteiger partial charge in [0, 0.05) is 5.69 Å². The first kappa shape index (κ1) is 11.4. The summed E-state index contributed by atoms with van der Waals surface area (Å²) in [4.78, 5) is 0. The van der Waals surface area contributed by atoms with Crippen molar-refractivity contribution >= 4 is 23.0 Å². The number of nitrogens with zero attached hydrogens (tertiary/aromatic N) is 1. The van der Waals surface area contributed by atoms with Gasteiger partial charge in [0.2, 0.25) is 0 Å². The maximum atomic E-state index is 13.5. The van der Waals surface area contributed by atoms with Crippen LogP contribution in [0.1, 0.15) is 5.56 Å². The van der Waals surface area contributed by atoms with Crippen molar-refractivity contribution in [3.8, 4) is 6.07 Å². The van der Waals surface area contributed by atoms with Gasteiger partial charge >= 0.3 is 0 Å². The molecule has 2 aromatic carbocycles. The van der Waals surface area contributed by atoms with Crippen LogP contribution in [0, 0.1) is 17.1 Å². The van der Waals surface area contributed by atoms with Crippen molar-refractivity contribution in [2.75, 3.05) is 5.32 Å². The molecule has 0 radical (unpaired) electrons. The van der Waals surface area contributed by atoms with E-state index in [1.54, 1.807) is 36.4 Å². The number of anilines is 2. The molecule has 0 atom stereocenters. The van der Waals surface area contributed by atoms with Crippen LogP contribution in [0.2, 0.25) is 5.02 Å². The topological polar surface area (TPSA) is 35.8 Å². The molecule has 0 unspecified atom stereocenters. The van der Waals surface area contributed by atoms with E-state index in [1.807, 2.05) is 6.07 Å². The molecule has 0 heterocycles. The Kier molecular flexibility index (Phi) is 3.27. The normalized spacial score (nSPS) is 9.71. The molecule has 0 aliphatic rings. The second-order valence-corrected chi connectivity index (χ2v) is 3.82. The van der Waals surface area contributed by atoms with Gasteiger partial charge in [-0.3, -0.25) is 0 Å². The summed E-state index contributed by atoms with van der Waals surface area (Å²) in [5.41, 5.74) is 1.46. The Bertz CT molecular complexity index is 553. The first-order valence-electron chi connectivity index (χ1n) is 4.92. The Morgan fingerprint density at radius 3 is 2.41 bits per heavy atom. The minimum absolute atomic E-state index is 0.235. The molecule has 4 heteroatoms. The van der Waals surface area contributed by atoms with Crippen LogP contribution in [0.4, 0.5) is 15.8 Å². The third-order valence-electron chi connectivity index (χ3n) is 2.25. The lowest BCUT2D eigenvalue weighted by Gasteiger charge is -2.09. The van der Waals surface area contributed by atoms with Gasteiger partial charge in [0.15, 0.2) is 0 Å². The average molecular weight is 247 g/mol. The summed E-state index contributed by atoms with van der Waals surface area (Å²) in [6, 6.07) is 13.2. The lowest BCUT2D eigenvalue weighted by molar-refractivity contribution is 0.632. The zero-order chi connectivity index (χ0) is 12.3. The van der Waals surface area contributed by atoms with Crippen LogP contribution in [-0.2, 0) is 0 Å². The van der Waals surface area contributed by atoms with Crippen molar-refractivity contribution in [1.29, 1.82) is 5.26 Å². The van der Waals surface area contributed by atoms with Crippen molar-refractivity contribution in [2.45, 2.75) is 0 Å². The number of halogens is 2. The fourth-order valence-corrected chi connectivity index (χ4v) is 1.60. The Balaban J connectivity index is 2.29. The van der Waals surface area contributed by atoms with Gasteiger partial charge in [-0.1, -0.05) is 17.7 Å². The Hall–Kier alpha value is -2.05. The highest BCUT2D eigenvalue weighted by Gasteiger charge is 2.06. The Morgan fingerprint density at radius 1 is 1.12 bits per heavy atom. The van der Waals surface area contributed by atoms with Crippen molar-refractivity contribution < 1.29 is 4.39 Å². The Labute approximate surface area is 103 Å². The maximum Gasteiger partial charge on any atom is 0.148 e. The van der Waals surface area contributed by atoms with E-state index >= 15 is 0 Å². The van der Waals surface area contributed by atoms with E-state index < -0.39 is 5.82 Å². The summed E-state index contributed by atoms with van der Waals surface area (Å²) in [5, 5.41) is 11.8. The van der Waals surface area contributed by atoms with Gasteiger partial charge in [-0.05, 0) is 36.4 Å². The van der Waals surface area contributed by atoms with Gasteiger partial charge < -0.3 is 5.32 Å².